The molecule has 0 bridgehead atoms. The number of nitrogens with one attached hydrogen (secondary N) is 1. The van der Waals surface area contributed by atoms with E-state index in [1.54, 1.807) is 6.21 Å². The highest BCUT2D eigenvalue weighted by molar-refractivity contribution is 7.91. The van der Waals surface area contributed by atoms with E-state index >= 15 is 0 Å². The van der Waals surface area contributed by atoms with Gasteiger partial charge in [-0.3, -0.25) is 4.79 Å². The summed E-state index contributed by atoms with van der Waals surface area (Å²) in [6.07, 6.45) is 1.96. The van der Waals surface area contributed by atoms with E-state index in [-0.39, 0.29) is 17.4 Å². The van der Waals surface area contributed by atoms with E-state index in [9.17, 15) is 13.2 Å². The minimum atomic E-state index is -3.06. The van der Waals surface area contributed by atoms with Crippen LogP contribution in [0.3, 0.4) is 0 Å². The zero-order chi connectivity index (χ0) is 15.6. The molecule has 2 aromatic carbocycles. The molecule has 1 heterocycles. The van der Waals surface area contributed by atoms with Gasteiger partial charge in [0, 0.05) is 5.56 Å². The molecule has 3 rings (SSSR count). The first-order valence-electron chi connectivity index (χ1n) is 7.06. The van der Waals surface area contributed by atoms with Crippen LogP contribution < -0.4 is 5.43 Å². The second-order valence-electron chi connectivity index (χ2n) is 5.40. The Hall–Kier alpha value is -2.21. The quantitative estimate of drug-likeness (QED) is 0.692. The van der Waals surface area contributed by atoms with Gasteiger partial charge in [0.1, 0.15) is 0 Å². The molecule has 1 atom stereocenters. The van der Waals surface area contributed by atoms with Crippen molar-refractivity contribution in [3.05, 3.63) is 48.0 Å². The number of rotatable bonds is 3. The van der Waals surface area contributed by atoms with Crippen LogP contribution in [-0.2, 0) is 14.6 Å². The number of hydrogen-bond donors (Lipinski definition) is 1. The molecule has 1 saturated heterocycles. The van der Waals surface area contributed by atoms with Crippen LogP contribution in [0.1, 0.15) is 12.0 Å². The van der Waals surface area contributed by atoms with Crippen LogP contribution in [-0.4, -0.2) is 32.0 Å². The summed E-state index contributed by atoms with van der Waals surface area (Å²) in [7, 11) is -3.06. The Labute approximate surface area is 128 Å². The van der Waals surface area contributed by atoms with E-state index in [1.165, 1.54) is 0 Å². The van der Waals surface area contributed by atoms with Gasteiger partial charge < -0.3 is 0 Å². The number of benzene rings is 2. The molecule has 1 aliphatic heterocycles. The van der Waals surface area contributed by atoms with Gasteiger partial charge in [-0.25, -0.2) is 13.8 Å². The molecule has 22 heavy (non-hydrogen) atoms. The minimum absolute atomic E-state index is 0.0807. The van der Waals surface area contributed by atoms with E-state index in [0.29, 0.717) is 6.42 Å². The highest BCUT2D eigenvalue weighted by Gasteiger charge is 2.32. The van der Waals surface area contributed by atoms with Gasteiger partial charge in [-0.1, -0.05) is 42.5 Å². The lowest BCUT2D eigenvalue weighted by Gasteiger charge is -2.05. The number of nitrogens with zero attached hydrogens (tertiary/aromatic N) is 1. The van der Waals surface area contributed by atoms with Crippen molar-refractivity contribution in [1.29, 1.82) is 0 Å². The SMILES string of the molecule is O=C(N/N=C\c1cccc2ccccc12)[C@@H]1CCS(=O)(=O)C1. The molecule has 2 aromatic rings. The van der Waals surface area contributed by atoms with Crippen LogP contribution in [0.15, 0.2) is 47.6 Å². The van der Waals surface area contributed by atoms with Crippen molar-refractivity contribution in [2.75, 3.05) is 11.5 Å². The molecular formula is C16H16N2O3S. The van der Waals surface area contributed by atoms with Crippen molar-refractivity contribution in [1.82, 2.24) is 5.43 Å². The number of sulfone groups is 1. The third-order valence-electron chi connectivity index (χ3n) is 3.80. The summed E-state index contributed by atoms with van der Waals surface area (Å²) in [5.74, 6) is -0.826. The molecule has 1 N–H and O–H groups in total. The molecule has 1 amide bonds. The number of hydrogen-bond acceptors (Lipinski definition) is 4. The number of hydrazone groups is 1. The van der Waals surface area contributed by atoms with E-state index in [1.807, 2.05) is 42.5 Å². The summed E-state index contributed by atoms with van der Waals surface area (Å²) in [5.41, 5.74) is 3.34. The second kappa shape index (κ2) is 5.88. The van der Waals surface area contributed by atoms with Crippen LogP contribution in [0.4, 0.5) is 0 Å². The van der Waals surface area contributed by atoms with Crippen LogP contribution >= 0.6 is 0 Å². The Morgan fingerprint density at radius 2 is 1.95 bits per heavy atom. The largest absolute Gasteiger partial charge is 0.273 e. The molecular weight excluding hydrogens is 300 g/mol. The Morgan fingerprint density at radius 3 is 2.73 bits per heavy atom. The topological polar surface area (TPSA) is 75.6 Å². The highest BCUT2D eigenvalue weighted by Crippen LogP contribution is 2.19. The van der Waals surface area contributed by atoms with Crippen LogP contribution in [0.2, 0.25) is 0 Å². The second-order valence-corrected chi connectivity index (χ2v) is 7.63. The summed E-state index contributed by atoms with van der Waals surface area (Å²) in [6.45, 7) is 0. The van der Waals surface area contributed by atoms with Gasteiger partial charge in [0.15, 0.2) is 9.84 Å². The van der Waals surface area contributed by atoms with Crippen molar-refractivity contribution in [3.8, 4) is 0 Å². The van der Waals surface area contributed by atoms with Gasteiger partial charge >= 0.3 is 0 Å². The first-order valence-corrected chi connectivity index (χ1v) is 8.88. The smallest absolute Gasteiger partial charge is 0.244 e. The molecule has 0 radical (unpaired) electrons. The lowest BCUT2D eigenvalue weighted by Crippen LogP contribution is -2.27. The zero-order valence-corrected chi connectivity index (χ0v) is 12.7. The Bertz CT molecular complexity index is 838. The summed E-state index contributed by atoms with van der Waals surface area (Å²) >= 11 is 0. The highest BCUT2D eigenvalue weighted by atomic mass is 32.2. The first-order chi connectivity index (χ1) is 10.6. The Morgan fingerprint density at radius 1 is 1.18 bits per heavy atom. The standard InChI is InChI=1S/C16H16N2O3S/c19-16(14-8-9-22(20,21)11-14)18-17-10-13-6-3-5-12-4-1-2-7-15(12)13/h1-7,10,14H,8-9,11H2,(H,18,19)/b17-10-/t14-/m1/s1. The molecule has 0 unspecified atom stereocenters. The van der Waals surface area contributed by atoms with Crippen LogP contribution in [0.5, 0.6) is 0 Å². The molecule has 0 spiro atoms. The summed E-state index contributed by atoms with van der Waals surface area (Å²) in [5, 5.41) is 6.11. The molecule has 0 aliphatic carbocycles. The fraction of sp³-hybridized carbons (Fsp3) is 0.250. The Kier molecular flexibility index (Phi) is 3.94. The van der Waals surface area contributed by atoms with Crippen LogP contribution in [0, 0.1) is 5.92 Å². The monoisotopic (exact) mass is 316 g/mol. The average Bonchev–Trinajstić information content (AvgIpc) is 2.88. The number of carbonyl (C=O) groups excluding carboxylic acids is 1. The molecule has 1 aliphatic rings. The Balaban J connectivity index is 1.70. The third-order valence-corrected chi connectivity index (χ3v) is 5.57. The van der Waals surface area contributed by atoms with Crippen molar-refractivity contribution >= 4 is 32.7 Å². The maximum atomic E-state index is 11.9. The normalized spacial score (nSPS) is 20.5. The number of carbonyl (C=O) groups is 1. The van der Waals surface area contributed by atoms with Gasteiger partial charge in [-0.05, 0) is 17.2 Å². The van der Waals surface area contributed by atoms with Crippen LogP contribution in [0.25, 0.3) is 10.8 Å². The lowest BCUT2D eigenvalue weighted by atomic mass is 10.1. The number of fused-ring (bicyclic) bond motifs is 1. The van der Waals surface area contributed by atoms with E-state index in [2.05, 4.69) is 10.5 Å². The molecule has 0 aromatic heterocycles. The van der Waals surface area contributed by atoms with E-state index in [4.69, 9.17) is 0 Å². The predicted octanol–water partition coefficient (Wildman–Crippen LogP) is 1.72. The molecule has 114 valence electrons. The molecule has 6 heteroatoms. The summed E-state index contributed by atoms with van der Waals surface area (Å²) < 4.78 is 22.7. The van der Waals surface area contributed by atoms with Gasteiger partial charge in [-0.15, -0.1) is 0 Å². The average molecular weight is 316 g/mol. The molecule has 0 saturated carbocycles. The van der Waals surface area contributed by atoms with Crippen molar-refractivity contribution in [2.45, 2.75) is 6.42 Å². The third kappa shape index (κ3) is 3.17. The van der Waals surface area contributed by atoms with Gasteiger partial charge in [0.2, 0.25) is 5.91 Å². The zero-order valence-electron chi connectivity index (χ0n) is 11.9. The number of amides is 1. The van der Waals surface area contributed by atoms with Crippen molar-refractivity contribution < 1.29 is 13.2 Å². The van der Waals surface area contributed by atoms with E-state index in [0.717, 1.165) is 16.3 Å². The van der Waals surface area contributed by atoms with Gasteiger partial charge in [-0.2, -0.15) is 5.10 Å². The maximum absolute atomic E-state index is 11.9. The minimum Gasteiger partial charge on any atom is -0.273 e. The summed E-state index contributed by atoms with van der Waals surface area (Å²) in [4.78, 5) is 11.9. The maximum Gasteiger partial charge on any atom is 0.244 e. The predicted molar refractivity (Wildman–Crippen MR) is 86.4 cm³/mol. The van der Waals surface area contributed by atoms with Crippen molar-refractivity contribution in [2.24, 2.45) is 11.0 Å². The molecule has 5 nitrogen and oxygen atoms in total. The molecule has 1 fully saturated rings. The fourth-order valence-electron chi connectivity index (χ4n) is 2.62. The first kappa shape index (κ1) is 14.7. The van der Waals surface area contributed by atoms with Gasteiger partial charge in [0.05, 0.1) is 23.6 Å². The summed E-state index contributed by atoms with van der Waals surface area (Å²) in [6, 6.07) is 13.8. The van der Waals surface area contributed by atoms with Gasteiger partial charge in [0.25, 0.3) is 0 Å². The lowest BCUT2D eigenvalue weighted by molar-refractivity contribution is -0.124. The van der Waals surface area contributed by atoms with Crippen molar-refractivity contribution in [3.63, 3.8) is 0 Å². The fourth-order valence-corrected chi connectivity index (χ4v) is 4.36. The van der Waals surface area contributed by atoms with E-state index < -0.39 is 15.8 Å².